The minimum atomic E-state index is -0.324. The summed E-state index contributed by atoms with van der Waals surface area (Å²) in [7, 11) is 0. The van der Waals surface area contributed by atoms with Crippen molar-refractivity contribution in [2.75, 3.05) is 18.7 Å². The molecule has 0 saturated carbocycles. The molecule has 1 N–H and O–H groups in total. The predicted octanol–water partition coefficient (Wildman–Crippen LogP) is 5.16. The topological polar surface area (TPSA) is 73.9 Å². The average Bonchev–Trinajstić information content (AvgIpc) is 3.29. The fourth-order valence-corrected chi connectivity index (χ4v) is 6.01. The van der Waals surface area contributed by atoms with Gasteiger partial charge in [-0.3, -0.25) is 4.79 Å². The van der Waals surface area contributed by atoms with Crippen LogP contribution in [-0.2, 0) is 9.53 Å². The molecule has 0 amide bonds. The summed E-state index contributed by atoms with van der Waals surface area (Å²) in [6.07, 6.45) is 1.28. The fraction of sp³-hybridized carbons (Fsp3) is 0.417. The number of allylic oxidation sites excluding steroid dienone is 2. The Morgan fingerprint density at radius 3 is 2.81 bits per heavy atom. The third-order valence-electron chi connectivity index (χ3n) is 6.15. The van der Waals surface area contributed by atoms with Crippen LogP contribution in [0.1, 0.15) is 65.9 Å². The molecule has 7 heteroatoms. The maximum Gasteiger partial charge on any atom is 0.348 e. The minimum Gasteiger partial charge on any atom is -0.462 e. The molecule has 0 spiro atoms. The van der Waals surface area contributed by atoms with Crippen molar-refractivity contribution in [1.29, 1.82) is 0 Å². The number of thiophene rings is 1. The van der Waals surface area contributed by atoms with E-state index in [0.29, 0.717) is 29.4 Å². The number of nitrogens with one attached hydrogen (secondary N) is 1. The molecule has 1 aromatic heterocycles. The van der Waals surface area contributed by atoms with Crippen molar-refractivity contribution in [3.05, 3.63) is 51.0 Å². The van der Waals surface area contributed by atoms with E-state index < -0.39 is 0 Å². The van der Waals surface area contributed by atoms with Crippen LogP contribution in [0.3, 0.4) is 0 Å². The molecule has 0 fully saturated rings. The summed E-state index contributed by atoms with van der Waals surface area (Å²) in [5.74, 6) is 0.952. The van der Waals surface area contributed by atoms with Gasteiger partial charge in [0.1, 0.15) is 4.88 Å². The first-order valence-electron chi connectivity index (χ1n) is 10.5. The van der Waals surface area contributed by atoms with Gasteiger partial charge in [0.25, 0.3) is 0 Å². The van der Waals surface area contributed by atoms with Gasteiger partial charge in [-0.1, -0.05) is 19.9 Å². The van der Waals surface area contributed by atoms with E-state index in [4.69, 9.17) is 14.2 Å². The van der Waals surface area contributed by atoms with Gasteiger partial charge >= 0.3 is 5.97 Å². The molecular formula is C24H25NO5S. The van der Waals surface area contributed by atoms with Crippen LogP contribution in [0.15, 0.2) is 29.5 Å². The molecule has 0 saturated heterocycles. The molecule has 2 aliphatic heterocycles. The highest BCUT2D eigenvalue weighted by Crippen LogP contribution is 2.53. The van der Waals surface area contributed by atoms with Gasteiger partial charge in [-0.15, -0.1) is 11.3 Å². The highest BCUT2D eigenvalue weighted by Gasteiger charge is 2.43. The van der Waals surface area contributed by atoms with Gasteiger partial charge in [-0.25, -0.2) is 4.79 Å². The van der Waals surface area contributed by atoms with Crippen molar-refractivity contribution in [1.82, 2.24) is 0 Å². The molecule has 6 nitrogen and oxygen atoms in total. The van der Waals surface area contributed by atoms with Crippen LogP contribution in [-0.4, -0.2) is 25.2 Å². The van der Waals surface area contributed by atoms with E-state index in [0.717, 1.165) is 39.4 Å². The maximum atomic E-state index is 13.4. The molecule has 1 unspecified atom stereocenters. The van der Waals surface area contributed by atoms with E-state index in [1.165, 1.54) is 11.3 Å². The van der Waals surface area contributed by atoms with E-state index in [1.54, 1.807) is 6.92 Å². The van der Waals surface area contributed by atoms with Crippen molar-refractivity contribution < 1.29 is 23.8 Å². The van der Waals surface area contributed by atoms with Crippen molar-refractivity contribution in [2.45, 2.75) is 46.5 Å². The molecule has 0 bridgehead atoms. The number of carbonyl (C=O) groups is 2. The van der Waals surface area contributed by atoms with Gasteiger partial charge < -0.3 is 19.5 Å². The van der Waals surface area contributed by atoms with E-state index in [9.17, 15) is 9.59 Å². The number of esters is 1. The number of rotatable bonds is 3. The zero-order valence-electron chi connectivity index (χ0n) is 18.1. The van der Waals surface area contributed by atoms with E-state index in [-0.39, 0.29) is 29.9 Å². The van der Waals surface area contributed by atoms with Crippen LogP contribution in [0.25, 0.3) is 0 Å². The van der Waals surface area contributed by atoms with Gasteiger partial charge in [-0.2, -0.15) is 0 Å². The van der Waals surface area contributed by atoms with Crippen LogP contribution in [0.4, 0.5) is 5.00 Å². The zero-order valence-corrected chi connectivity index (χ0v) is 18.9. The lowest BCUT2D eigenvalue weighted by Gasteiger charge is -2.38. The minimum absolute atomic E-state index is 0.115. The van der Waals surface area contributed by atoms with Crippen molar-refractivity contribution in [3.8, 4) is 11.5 Å². The summed E-state index contributed by atoms with van der Waals surface area (Å²) in [6, 6.07) is 5.85. The second kappa shape index (κ2) is 7.12. The first kappa shape index (κ1) is 20.1. The summed E-state index contributed by atoms with van der Waals surface area (Å²) >= 11 is 1.40. The first-order chi connectivity index (χ1) is 14.8. The van der Waals surface area contributed by atoms with E-state index in [2.05, 4.69) is 19.2 Å². The lowest BCUT2D eigenvalue weighted by molar-refractivity contribution is -0.118. The molecule has 2 aromatic rings. The number of ether oxygens (including phenoxy) is 3. The van der Waals surface area contributed by atoms with Gasteiger partial charge in [0.05, 0.1) is 11.6 Å². The molecule has 31 heavy (non-hydrogen) atoms. The summed E-state index contributed by atoms with van der Waals surface area (Å²) in [5.41, 5.74) is 4.42. The van der Waals surface area contributed by atoms with Gasteiger partial charge in [0.2, 0.25) is 6.79 Å². The number of Topliss-reactive ketones (excluding diaryl/α,β-unsaturated/α-hetero) is 1. The van der Waals surface area contributed by atoms with Crippen LogP contribution in [0.2, 0.25) is 0 Å². The normalized spacial score (nSPS) is 20.8. The smallest absolute Gasteiger partial charge is 0.348 e. The Hall–Kier alpha value is -2.80. The summed E-state index contributed by atoms with van der Waals surface area (Å²) in [6.45, 7) is 8.49. The molecule has 1 atom stereocenters. The Balaban J connectivity index is 1.70. The first-order valence-corrected chi connectivity index (χ1v) is 11.3. The average molecular weight is 440 g/mol. The fourth-order valence-electron chi connectivity index (χ4n) is 4.85. The highest BCUT2D eigenvalue weighted by molar-refractivity contribution is 7.18. The molecule has 3 aliphatic rings. The Morgan fingerprint density at radius 2 is 2.03 bits per heavy atom. The number of carbonyl (C=O) groups excluding carboxylic acids is 2. The van der Waals surface area contributed by atoms with Crippen LogP contribution >= 0.6 is 11.3 Å². The largest absolute Gasteiger partial charge is 0.462 e. The van der Waals surface area contributed by atoms with Crippen molar-refractivity contribution >= 4 is 28.1 Å². The van der Waals surface area contributed by atoms with Crippen LogP contribution < -0.4 is 14.8 Å². The second-order valence-corrected chi connectivity index (χ2v) is 10.0. The van der Waals surface area contributed by atoms with Crippen LogP contribution in [0, 0.1) is 12.3 Å². The molecule has 0 radical (unpaired) electrons. The molecule has 1 aromatic carbocycles. The summed E-state index contributed by atoms with van der Waals surface area (Å²) in [4.78, 5) is 26.6. The molecule has 162 valence electrons. The predicted molar refractivity (Wildman–Crippen MR) is 118 cm³/mol. The van der Waals surface area contributed by atoms with E-state index in [1.807, 2.05) is 25.1 Å². The Bertz CT molecular complexity index is 1140. The van der Waals surface area contributed by atoms with E-state index >= 15 is 0 Å². The Kier molecular flexibility index (Phi) is 4.62. The third-order valence-corrected chi connectivity index (χ3v) is 7.35. The second-order valence-electron chi connectivity index (χ2n) is 9.02. The van der Waals surface area contributed by atoms with Crippen LogP contribution in [0.5, 0.6) is 11.5 Å². The summed E-state index contributed by atoms with van der Waals surface area (Å²) < 4.78 is 16.4. The Morgan fingerprint density at radius 1 is 1.26 bits per heavy atom. The third kappa shape index (κ3) is 3.22. The van der Waals surface area contributed by atoms with Crippen molar-refractivity contribution in [2.24, 2.45) is 5.41 Å². The number of ketones is 1. The number of hydrogen-bond acceptors (Lipinski definition) is 7. The number of anilines is 1. The molecule has 3 heterocycles. The SMILES string of the molecule is CCOC(=O)c1sc2c(c1C)C(c1ccc3c(c1)OCO3)C1=C(CC(C)(C)CC1=O)N2. The number of fused-ring (bicyclic) bond motifs is 2. The monoisotopic (exact) mass is 439 g/mol. The molecule has 1 aliphatic carbocycles. The van der Waals surface area contributed by atoms with Gasteiger partial charge in [0.15, 0.2) is 17.3 Å². The molecule has 5 rings (SSSR count). The highest BCUT2D eigenvalue weighted by atomic mass is 32.1. The maximum absolute atomic E-state index is 13.4. The Labute approximate surface area is 185 Å². The van der Waals surface area contributed by atoms with Crippen molar-refractivity contribution in [3.63, 3.8) is 0 Å². The number of hydrogen-bond donors (Lipinski definition) is 1. The number of benzene rings is 1. The lowest BCUT2D eigenvalue weighted by Crippen LogP contribution is -2.33. The zero-order chi connectivity index (χ0) is 21.9. The lowest BCUT2D eigenvalue weighted by atomic mass is 9.69. The quantitative estimate of drug-likeness (QED) is 0.666. The summed E-state index contributed by atoms with van der Waals surface area (Å²) in [5, 5.41) is 4.42. The van der Waals surface area contributed by atoms with Gasteiger partial charge in [-0.05, 0) is 48.9 Å². The molecular weight excluding hydrogens is 414 g/mol. The van der Waals surface area contributed by atoms with Gasteiger partial charge in [0, 0.05) is 29.2 Å². The standard InChI is InChI=1S/C24H25NO5S/c1-5-28-23(27)21-12(2)18-19(13-6-7-16-17(8-13)30-11-29-16)20-14(25-22(18)31-21)9-24(3,4)10-15(20)26/h6-8,19,25H,5,9-11H2,1-4H3.